The van der Waals surface area contributed by atoms with E-state index in [2.05, 4.69) is 4.98 Å². The van der Waals surface area contributed by atoms with Gasteiger partial charge in [-0.3, -0.25) is 9.78 Å². The zero-order valence-electron chi connectivity index (χ0n) is 15.5. The Kier molecular flexibility index (Phi) is 6.05. The van der Waals surface area contributed by atoms with Crippen LogP contribution in [0, 0.1) is 0 Å². The molecule has 1 heterocycles. The zero-order valence-corrected chi connectivity index (χ0v) is 15.5. The van der Waals surface area contributed by atoms with Crippen LogP contribution in [-0.2, 0) is 13.2 Å². The third kappa shape index (κ3) is 4.85. The van der Waals surface area contributed by atoms with Gasteiger partial charge in [0.2, 0.25) is 0 Å². The Balaban J connectivity index is 1.61. The second-order valence-electron chi connectivity index (χ2n) is 6.15. The van der Waals surface area contributed by atoms with E-state index < -0.39 is 0 Å². The van der Waals surface area contributed by atoms with Crippen LogP contribution in [0.2, 0.25) is 0 Å². The van der Waals surface area contributed by atoms with Crippen molar-refractivity contribution in [2.24, 2.45) is 0 Å². The van der Waals surface area contributed by atoms with E-state index in [0.29, 0.717) is 24.5 Å². The summed E-state index contributed by atoms with van der Waals surface area (Å²) in [5.41, 5.74) is 2.57. The Morgan fingerprint density at radius 3 is 2.52 bits per heavy atom. The highest BCUT2D eigenvalue weighted by Gasteiger charge is 2.14. The van der Waals surface area contributed by atoms with E-state index in [1.165, 1.54) is 0 Å². The molecule has 0 atom stereocenters. The van der Waals surface area contributed by atoms with Gasteiger partial charge in [-0.15, -0.1) is 0 Å². The van der Waals surface area contributed by atoms with Gasteiger partial charge < -0.3 is 14.4 Å². The lowest BCUT2D eigenvalue weighted by molar-refractivity contribution is 0.0784. The number of nitrogens with zero attached hydrogens (tertiary/aromatic N) is 2. The Morgan fingerprint density at radius 2 is 1.81 bits per heavy atom. The maximum atomic E-state index is 12.7. The minimum Gasteiger partial charge on any atom is -0.496 e. The molecule has 0 N–H and O–H groups in total. The Morgan fingerprint density at radius 1 is 1.04 bits per heavy atom. The molecule has 0 spiro atoms. The van der Waals surface area contributed by atoms with E-state index in [1.807, 2.05) is 36.4 Å². The first-order valence-electron chi connectivity index (χ1n) is 8.66. The Labute approximate surface area is 159 Å². The molecule has 0 fully saturated rings. The number of ether oxygens (including phenoxy) is 2. The molecule has 2 aromatic carbocycles. The molecule has 1 aromatic heterocycles. The van der Waals surface area contributed by atoms with E-state index in [-0.39, 0.29) is 5.91 Å². The number of aromatic nitrogens is 1. The summed E-state index contributed by atoms with van der Waals surface area (Å²) < 4.78 is 11.1. The summed E-state index contributed by atoms with van der Waals surface area (Å²) in [7, 11) is 3.41. The molecule has 0 aliphatic heterocycles. The molecule has 0 aliphatic rings. The van der Waals surface area contributed by atoms with Crippen molar-refractivity contribution in [3.05, 3.63) is 89.7 Å². The summed E-state index contributed by atoms with van der Waals surface area (Å²) in [4.78, 5) is 18.4. The maximum Gasteiger partial charge on any atom is 0.253 e. The van der Waals surface area contributed by atoms with Crippen LogP contribution in [0.4, 0.5) is 0 Å². The number of hydrogen-bond acceptors (Lipinski definition) is 4. The fourth-order valence-electron chi connectivity index (χ4n) is 2.73. The number of methoxy groups -OCH3 is 1. The summed E-state index contributed by atoms with van der Waals surface area (Å²) in [6, 6.07) is 18.7. The summed E-state index contributed by atoms with van der Waals surface area (Å²) in [5.74, 6) is 1.43. The van der Waals surface area contributed by atoms with Crippen LogP contribution in [0.3, 0.4) is 0 Å². The van der Waals surface area contributed by atoms with Gasteiger partial charge in [-0.1, -0.05) is 24.3 Å². The molecular weight excluding hydrogens is 340 g/mol. The van der Waals surface area contributed by atoms with E-state index in [9.17, 15) is 4.79 Å². The van der Waals surface area contributed by atoms with Gasteiger partial charge in [0.25, 0.3) is 5.91 Å². The highest BCUT2D eigenvalue weighted by molar-refractivity contribution is 5.94. The van der Waals surface area contributed by atoms with Gasteiger partial charge in [-0.05, 0) is 36.4 Å². The lowest BCUT2D eigenvalue weighted by atomic mass is 10.1. The molecule has 5 heteroatoms. The predicted octanol–water partition coefficient (Wildman–Crippen LogP) is 3.94. The molecule has 0 saturated heterocycles. The summed E-state index contributed by atoms with van der Waals surface area (Å²) in [5, 5.41) is 0. The number of carbonyl (C=O) groups excluding carboxylic acids is 1. The van der Waals surface area contributed by atoms with Gasteiger partial charge >= 0.3 is 0 Å². The van der Waals surface area contributed by atoms with Crippen LogP contribution in [-0.4, -0.2) is 29.9 Å². The van der Waals surface area contributed by atoms with Crippen LogP contribution in [0.15, 0.2) is 73.1 Å². The van der Waals surface area contributed by atoms with E-state index in [1.54, 1.807) is 55.7 Å². The average Bonchev–Trinajstić information content (AvgIpc) is 2.73. The van der Waals surface area contributed by atoms with Crippen LogP contribution < -0.4 is 9.47 Å². The highest BCUT2D eigenvalue weighted by Crippen LogP contribution is 2.20. The number of carbonyl (C=O) groups is 1. The summed E-state index contributed by atoms with van der Waals surface area (Å²) >= 11 is 0. The van der Waals surface area contributed by atoms with Crippen molar-refractivity contribution in [3.8, 4) is 11.5 Å². The number of benzene rings is 2. The van der Waals surface area contributed by atoms with Crippen molar-refractivity contribution in [3.63, 3.8) is 0 Å². The van der Waals surface area contributed by atoms with E-state index in [0.717, 1.165) is 16.9 Å². The van der Waals surface area contributed by atoms with Crippen molar-refractivity contribution in [1.29, 1.82) is 0 Å². The van der Waals surface area contributed by atoms with Crippen LogP contribution in [0.5, 0.6) is 11.5 Å². The SMILES string of the molecule is COc1ccccc1CN(C)C(=O)c1ccc(OCc2cccnc2)cc1. The van der Waals surface area contributed by atoms with Gasteiger partial charge in [-0.25, -0.2) is 0 Å². The number of pyridine rings is 1. The van der Waals surface area contributed by atoms with Crippen molar-refractivity contribution >= 4 is 5.91 Å². The van der Waals surface area contributed by atoms with Gasteiger partial charge in [0.05, 0.1) is 7.11 Å². The average molecular weight is 362 g/mol. The second kappa shape index (κ2) is 8.85. The monoisotopic (exact) mass is 362 g/mol. The molecule has 0 radical (unpaired) electrons. The third-order valence-corrected chi connectivity index (χ3v) is 4.18. The summed E-state index contributed by atoms with van der Waals surface area (Å²) in [6.07, 6.45) is 3.50. The molecule has 0 bridgehead atoms. The van der Waals surface area contributed by atoms with E-state index in [4.69, 9.17) is 9.47 Å². The first kappa shape index (κ1) is 18.5. The quantitative estimate of drug-likeness (QED) is 0.639. The number of hydrogen-bond donors (Lipinski definition) is 0. The molecule has 27 heavy (non-hydrogen) atoms. The zero-order chi connectivity index (χ0) is 19.1. The second-order valence-corrected chi connectivity index (χ2v) is 6.15. The Hall–Kier alpha value is -3.34. The Bertz CT molecular complexity index is 880. The fraction of sp³-hybridized carbons (Fsp3) is 0.182. The molecule has 138 valence electrons. The van der Waals surface area contributed by atoms with Gasteiger partial charge in [0.1, 0.15) is 18.1 Å². The summed E-state index contributed by atoms with van der Waals surface area (Å²) in [6.45, 7) is 0.914. The fourth-order valence-corrected chi connectivity index (χ4v) is 2.73. The van der Waals surface area contributed by atoms with Crippen molar-refractivity contribution in [2.45, 2.75) is 13.2 Å². The molecular formula is C22H22N2O3. The highest BCUT2D eigenvalue weighted by atomic mass is 16.5. The molecule has 3 aromatic rings. The molecule has 0 unspecified atom stereocenters. The van der Waals surface area contributed by atoms with Crippen LogP contribution >= 0.6 is 0 Å². The standard InChI is InChI=1S/C22H22N2O3/c1-24(15-19-7-3-4-8-21(19)26-2)22(25)18-9-11-20(12-10-18)27-16-17-6-5-13-23-14-17/h3-14H,15-16H2,1-2H3. The van der Waals surface area contributed by atoms with Crippen molar-refractivity contribution in [1.82, 2.24) is 9.88 Å². The lowest BCUT2D eigenvalue weighted by Crippen LogP contribution is -2.26. The number of para-hydroxylation sites is 1. The molecule has 3 rings (SSSR count). The largest absolute Gasteiger partial charge is 0.496 e. The molecule has 5 nitrogen and oxygen atoms in total. The minimum atomic E-state index is -0.0558. The molecule has 0 aliphatic carbocycles. The third-order valence-electron chi connectivity index (χ3n) is 4.18. The van der Waals surface area contributed by atoms with Crippen molar-refractivity contribution < 1.29 is 14.3 Å². The van der Waals surface area contributed by atoms with E-state index >= 15 is 0 Å². The van der Waals surface area contributed by atoms with Gasteiger partial charge in [0, 0.05) is 42.7 Å². The first-order valence-corrected chi connectivity index (χ1v) is 8.66. The van der Waals surface area contributed by atoms with Gasteiger partial charge in [0.15, 0.2) is 0 Å². The lowest BCUT2D eigenvalue weighted by Gasteiger charge is -2.19. The first-order chi connectivity index (χ1) is 13.2. The predicted molar refractivity (Wildman–Crippen MR) is 104 cm³/mol. The van der Waals surface area contributed by atoms with Crippen LogP contribution in [0.1, 0.15) is 21.5 Å². The maximum absolute atomic E-state index is 12.7. The number of rotatable bonds is 7. The van der Waals surface area contributed by atoms with Crippen molar-refractivity contribution in [2.75, 3.05) is 14.2 Å². The number of amides is 1. The molecule has 0 saturated carbocycles. The smallest absolute Gasteiger partial charge is 0.253 e. The molecule has 1 amide bonds. The normalized spacial score (nSPS) is 10.3. The van der Waals surface area contributed by atoms with Gasteiger partial charge in [-0.2, -0.15) is 0 Å². The topological polar surface area (TPSA) is 51.7 Å². The minimum absolute atomic E-state index is 0.0558. The van der Waals surface area contributed by atoms with Crippen LogP contribution in [0.25, 0.3) is 0 Å².